The van der Waals surface area contributed by atoms with Crippen LogP contribution in [0.4, 0.5) is 10.5 Å². The molecule has 1 aromatic carbocycles. The van der Waals surface area contributed by atoms with Gasteiger partial charge in [0.2, 0.25) is 0 Å². The highest BCUT2D eigenvalue weighted by atomic mass is 16.4. The monoisotopic (exact) mass is 208 g/mol. The maximum atomic E-state index is 11.0. The Morgan fingerprint density at radius 3 is 2.73 bits per heavy atom. The van der Waals surface area contributed by atoms with Gasteiger partial charge in [-0.15, -0.1) is 0 Å². The maximum absolute atomic E-state index is 11.0. The molecule has 0 radical (unpaired) electrons. The second kappa shape index (κ2) is 4.99. The summed E-state index contributed by atoms with van der Waals surface area (Å²) in [6.07, 6.45) is -0.0523. The van der Waals surface area contributed by atoms with Crippen molar-refractivity contribution >= 4 is 17.7 Å². The topological polar surface area (TPSA) is 78.4 Å². The SMILES string of the molecule is CNC(=O)Nc1cccc(CC(=O)O)c1. The molecule has 5 heteroatoms. The number of amides is 2. The number of carboxylic acid groups (broad SMARTS) is 1. The smallest absolute Gasteiger partial charge is 0.318 e. The van der Waals surface area contributed by atoms with Gasteiger partial charge in [0.05, 0.1) is 6.42 Å². The number of hydrogen-bond donors (Lipinski definition) is 3. The number of carboxylic acids is 1. The molecule has 2 amide bonds. The highest BCUT2D eigenvalue weighted by Crippen LogP contribution is 2.10. The van der Waals surface area contributed by atoms with Crippen LogP contribution in [0.1, 0.15) is 5.56 Å². The number of urea groups is 1. The van der Waals surface area contributed by atoms with Crippen molar-refractivity contribution in [3.63, 3.8) is 0 Å². The third-order valence-electron chi connectivity index (χ3n) is 1.77. The van der Waals surface area contributed by atoms with Crippen molar-refractivity contribution in [3.05, 3.63) is 29.8 Å². The Bertz CT molecular complexity index is 377. The summed E-state index contributed by atoms with van der Waals surface area (Å²) in [5.41, 5.74) is 1.23. The zero-order valence-electron chi connectivity index (χ0n) is 8.28. The first-order chi connectivity index (χ1) is 7.11. The summed E-state index contributed by atoms with van der Waals surface area (Å²) in [5, 5.41) is 13.6. The van der Waals surface area contributed by atoms with Crippen LogP contribution in [0.15, 0.2) is 24.3 Å². The minimum absolute atomic E-state index is 0.0523. The molecule has 0 unspecified atom stereocenters. The third kappa shape index (κ3) is 3.68. The van der Waals surface area contributed by atoms with Crippen LogP contribution in [0.3, 0.4) is 0 Å². The van der Waals surface area contributed by atoms with Crippen molar-refractivity contribution in [2.24, 2.45) is 0 Å². The van der Waals surface area contributed by atoms with E-state index < -0.39 is 5.97 Å². The van der Waals surface area contributed by atoms with Crippen molar-refractivity contribution in [2.45, 2.75) is 6.42 Å². The van der Waals surface area contributed by atoms with Gasteiger partial charge in [0, 0.05) is 12.7 Å². The molecule has 15 heavy (non-hydrogen) atoms. The van der Waals surface area contributed by atoms with Gasteiger partial charge in [-0.1, -0.05) is 12.1 Å². The Kier molecular flexibility index (Phi) is 3.68. The Morgan fingerprint density at radius 1 is 1.40 bits per heavy atom. The minimum atomic E-state index is -0.896. The summed E-state index contributed by atoms with van der Waals surface area (Å²) in [7, 11) is 1.51. The van der Waals surface area contributed by atoms with Crippen LogP contribution in [0.25, 0.3) is 0 Å². The van der Waals surface area contributed by atoms with Crippen LogP contribution in [0.2, 0.25) is 0 Å². The van der Waals surface area contributed by atoms with Crippen molar-refractivity contribution in [1.29, 1.82) is 0 Å². The van der Waals surface area contributed by atoms with Gasteiger partial charge in [-0.2, -0.15) is 0 Å². The van der Waals surface area contributed by atoms with E-state index in [-0.39, 0.29) is 12.5 Å². The first-order valence-corrected chi connectivity index (χ1v) is 4.41. The Morgan fingerprint density at radius 2 is 2.13 bits per heavy atom. The second-order valence-electron chi connectivity index (χ2n) is 2.98. The summed E-state index contributed by atoms with van der Waals surface area (Å²) in [5.74, 6) is -0.896. The van der Waals surface area contributed by atoms with Gasteiger partial charge < -0.3 is 15.7 Å². The molecular weight excluding hydrogens is 196 g/mol. The molecule has 0 aromatic heterocycles. The molecule has 1 rings (SSSR count). The molecule has 0 aliphatic rings. The van der Waals surface area contributed by atoms with E-state index in [1.807, 2.05) is 0 Å². The lowest BCUT2D eigenvalue weighted by Gasteiger charge is -2.05. The lowest BCUT2D eigenvalue weighted by Crippen LogP contribution is -2.24. The molecule has 3 N–H and O–H groups in total. The van der Waals surface area contributed by atoms with E-state index >= 15 is 0 Å². The summed E-state index contributed by atoms with van der Waals surface area (Å²) in [6.45, 7) is 0. The minimum Gasteiger partial charge on any atom is -0.481 e. The molecule has 1 aromatic rings. The quantitative estimate of drug-likeness (QED) is 0.695. The van der Waals surface area contributed by atoms with E-state index in [1.54, 1.807) is 24.3 Å². The van der Waals surface area contributed by atoms with Crippen molar-refractivity contribution in [1.82, 2.24) is 5.32 Å². The average Bonchev–Trinajstić information content (AvgIpc) is 2.17. The predicted octanol–water partition coefficient (Wildman–Crippen LogP) is 1.06. The van der Waals surface area contributed by atoms with E-state index in [9.17, 15) is 9.59 Å². The number of hydrogen-bond acceptors (Lipinski definition) is 2. The largest absolute Gasteiger partial charge is 0.481 e. The lowest BCUT2D eigenvalue weighted by atomic mass is 10.1. The second-order valence-corrected chi connectivity index (χ2v) is 2.98. The van der Waals surface area contributed by atoms with Crippen LogP contribution in [0.5, 0.6) is 0 Å². The van der Waals surface area contributed by atoms with Gasteiger partial charge in [-0.3, -0.25) is 4.79 Å². The first-order valence-electron chi connectivity index (χ1n) is 4.41. The highest BCUT2D eigenvalue weighted by Gasteiger charge is 2.02. The van der Waals surface area contributed by atoms with E-state index in [0.717, 1.165) is 0 Å². The Hall–Kier alpha value is -2.04. The third-order valence-corrected chi connectivity index (χ3v) is 1.77. The first kappa shape index (κ1) is 11.0. The fourth-order valence-corrected chi connectivity index (χ4v) is 1.13. The van der Waals surface area contributed by atoms with Gasteiger partial charge >= 0.3 is 12.0 Å². The van der Waals surface area contributed by atoms with E-state index in [2.05, 4.69) is 10.6 Å². The Labute approximate surface area is 87.1 Å². The summed E-state index contributed by atoms with van der Waals surface area (Å²) >= 11 is 0. The van der Waals surface area contributed by atoms with Crippen molar-refractivity contribution in [3.8, 4) is 0 Å². The molecule has 0 aliphatic carbocycles. The van der Waals surface area contributed by atoms with Crippen LogP contribution >= 0.6 is 0 Å². The van der Waals surface area contributed by atoms with E-state index in [1.165, 1.54) is 7.05 Å². The van der Waals surface area contributed by atoms with Gasteiger partial charge in [-0.05, 0) is 17.7 Å². The number of aliphatic carboxylic acids is 1. The number of carbonyl (C=O) groups excluding carboxylic acids is 1. The predicted molar refractivity (Wildman–Crippen MR) is 55.9 cm³/mol. The Balaban J connectivity index is 2.74. The van der Waals surface area contributed by atoms with Crippen molar-refractivity contribution in [2.75, 3.05) is 12.4 Å². The number of carbonyl (C=O) groups is 2. The number of anilines is 1. The van der Waals surface area contributed by atoms with E-state index in [0.29, 0.717) is 11.3 Å². The standard InChI is InChI=1S/C10H12N2O3/c1-11-10(15)12-8-4-2-3-7(5-8)6-9(13)14/h2-5H,6H2,1H3,(H,13,14)(H2,11,12,15). The molecule has 5 nitrogen and oxygen atoms in total. The molecule has 0 atom stereocenters. The van der Waals surface area contributed by atoms with Crippen LogP contribution < -0.4 is 10.6 Å². The molecule has 0 fully saturated rings. The number of benzene rings is 1. The fourth-order valence-electron chi connectivity index (χ4n) is 1.13. The van der Waals surface area contributed by atoms with Gasteiger partial charge in [0.15, 0.2) is 0 Å². The maximum Gasteiger partial charge on any atom is 0.318 e. The molecular formula is C10H12N2O3. The van der Waals surface area contributed by atoms with Gasteiger partial charge in [0.25, 0.3) is 0 Å². The molecule has 0 saturated heterocycles. The molecule has 80 valence electrons. The molecule has 0 saturated carbocycles. The van der Waals surface area contributed by atoms with Crippen LogP contribution in [-0.2, 0) is 11.2 Å². The summed E-state index contributed by atoms with van der Waals surface area (Å²) < 4.78 is 0. The summed E-state index contributed by atoms with van der Waals surface area (Å²) in [4.78, 5) is 21.4. The lowest BCUT2D eigenvalue weighted by molar-refractivity contribution is -0.136. The van der Waals surface area contributed by atoms with Gasteiger partial charge in [0.1, 0.15) is 0 Å². The summed E-state index contributed by atoms with van der Waals surface area (Å²) in [6, 6.07) is 6.39. The van der Waals surface area contributed by atoms with Crippen LogP contribution in [-0.4, -0.2) is 24.2 Å². The van der Waals surface area contributed by atoms with Crippen molar-refractivity contribution < 1.29 is 14.7 Å². The number of nitrogens with one attached hydrogen (secondary N) is 2. The normalized spacial score (nSPS) is 9.40. The molecule has 0 spiro atoms. The molecule has 0 bridgehead atoms. The van der Waals surface area contributed by atoms with E-state index in [4.69, 9.17) is 5.11 Å². The molecule has 0 heterocycles. The number of rotatable bonds is 3. The zero-order chi connectivity index (χ0) is 11.3. The van der Waals surface area contributed by atoms with Crippen LogP contribution in [0, 0.1) is 0 Å². The highest BCUT2D eigenvalue weighted by molar-refractivity contribution is 5.89. The fraction of sp³-hybridized carbons (Fsp3) is 0.200. The average molecular weight is 208 g/mol. The molecule has 0 aliphatic heterocycles. The van der Waals surface area contributed by atoms with Gasteiger partial charge in [-0.25, -0.2) is 4.79 Å². The zero-order valence-corrected chi connectivity index (χ0v) is 8.28.